The first-order valence-corrected chi connectivity index (χ1v) is 8.25. The van der Waals surface area contributed by atoms with Crippen LogP contribution in [0, 0.1) is 0 Å². The van der Waals surface area contributed by atoms with Crippen LogP contribution in [0.25, 0.3) is 10.8 Å². The van der Waals surface area contributed by atoms with Crippen LogP contribution < -0.4 is 27.5 Å². The molecule has 6 N–H and O–H groups in total. The van der Waals surface area contributed by atoms with Gasteiger partial charge in [-0.15, -0.1) is 0 Å². The van der Waals surface area contributed by atoms with Gasteiger partial charge in [0.15, 0.2) is 0 Å². The molecule has 0 bridgehead atoms. The van der Waals surface area contributed by atoms with Gasteiger partial charge in [-0.3, -0.25) is 24.7 Å². The minimum Gasteiger partial charge on any atom is -0.369 e. The van der Waals surface area contributed by atoms with Crippen LogP contribution in [-0.2, 0) is 0 Å². The zero-order valence-corrected chi connectivity index (χ0v) is 13.6. The molecule has 9 heteroatoms. The third-order valence-corrected chi connectivity index (χ3v) is 4.90. The third kappa shape index (κ3) is 2.31. The minimum atomic E-state index is -0.669. The van der Waals surface area contributed by atoms with Crippen molar-refractivity contribution in [3.63, 3.8) is 0 Å². The van der Waals surface area contributed by atoms with E-state index in [2.05, 4.69) is 20.2 Å². The second-order valence-corrected chi connectivity index (χ2v) is 6.43. The van der Waals surface area contributed by atoms with Gasteiger partial charge in [0.1, 0.15) is 5.66 Å². The molecule has 130 valence electrons. The average Bonchev–Trinajstić information content (AvgIpc) is 2.58. The van der Waals surface area contributed by atoms with Crippen LogP contribution in [0.5, 0.6) is 0 Å². The van der Waals surface area contributed by atoms with Crippen molar-refractivity contribution in [3.05, 3.63) is 38.9 Å². The van der Waals surface area contributed by atoms with Crippen LogP contribution in [0.4, 0.5) is 5.69 Å². The quantitative estimate of drug-likeness (QED) is 0.590. The number of nitrogens with one attached hydrogen (secondary N) is 2. The Morgan fingerprint density at radius 3 is 2.52 bits per heavy atom. The molecule has 0 atom stereocenters. The Labute approximate surface area is 142 Å². The first kappa shape index (κ1) is 15.4. The molecule has 2 aromatic rings. The minimum absolute atomic E-state index is 0.141. The van der Waals surface area contributed by atoms with Crippen molar-refractivity contribution in [3.8, 4) is 0 Å². The Morgan fingerprint density at radius 2 is 1.76 bits per heavy atom. The molecular formula is C16H19N7O2. The maximum Gasteiger partial charge on any atom is 0.272 e. The Kier molecular flexibility index (Phi) is 3.38. The van der Waals surface area contributed by atoms with Crippen molar-refractivity contribution in [2.45, 2.75) is 37.8 Å². The number of anilines is 1. The standard InChI is InChI=1S/C16H19N7O2/c17-14-19-15(18)23(16(20-14)7-2-1-3-8-16)10-6-4-5-9-11(10)13(25)22-21-12(9)24/h4-6H,1-3,7-8H2,(H,21,24)(H,22,25)(H4,17,18,19,20). The molecule has 1 aliphatic heterocycles. The number of nitrogens with zero attached hydrogens (tertiary/aromatic N) is 3. The van der Waals surface area contributed by atoms with Gasteiger partial charge in [0.05, 0.1) is 16.5 Å². The second-order valence-electron chi connectivity index (χ2n) is 6.43. The molecule has 0 saturated heterocycles. The van der Waals surface area contributed by atoms with Gasteiger partial charge in [0.2, 0.25) is 11.9 Å². The molecule has 0 unspecified atom stereocenters. The van der Waals surface area contributed by atoms with Gasteiger partial charge in [-0.2, -0.15) is 4.99 Å². The van der Waals surface area contributed by atoms with Gasteiger partial charge in [0.25, 0.3) is 11.1 Å². The van der Waals surface area contributed by atoms with Gasteiger partial charge in [-0.05, 0) is 37.8 Å². The fraction of sp³-hybridized carbons (Fsp3) is 0.375. The average molecular weight is 341 g/mol. The number of nitrogens with two attached hydrogens (primary N) is 2. The van der Waals surface area contributed by atoms with Crippen molar-refractivity contribution in [2.75, 3.05) is 4.90 Å². The van der Waals surface area contributed by atoms with Crippen LogP contribution in [-0.4, -0.2) is 27.8 Å². The summed E-state index contributed by atoms with van der Waals surface area (Å²) in [6, 6.07) is 5.08. The van der Waals surface area contributed by atoms with E-state index in [-0.39, 0.29) is 22.9 Å². The van der Waals surface area contributed by atoms with E-state index in [9.17, 15) is 9.59 Å². The van der Waals surface area contributed by atoms with Crippen LogP contribution in [0.3, 0.4) is 0 Å². The monoisotopic (exact) mass is 341 g/mol. The largest absolute Gasteiger partial charge is 0.369 e. The highest BCUT2D eigenvalue weighted by molar-refractivity contribution is 6.10. The molecule has 9 nitrogen and oxygen atoms in total. The third-order valence-electron chi connectivity index (χ3n) is 4.90. The number of rotatable bonds is 1. The first-order valence-electron chi connectivity index (χ1n) is 8.25. The topological polar surface area (TPSA) is 146 Å². The highest BCUT2D eigenvalue weighted by Gasteiger charge is 2.43. The smallest absolute Gasteiger partial charge is 0.272 e. The Morgan fingerprint density at radius 1 is 1.04 bits per heavy atom. The number of guanidine groups is 2. The Hall–Kier alpha value is -3.10. The van der Waals surface area contributed by atoms with Crippen LogP contribution in [0.1, 0.15) is 32.1 Å². The van der Waals surface area contributed by atoms with E-state index >= 15 is 0 Å². The van der Waals surface area contributed by atoms with Crippen molar-refractivity contribution in [2.24, 2.45) is 21.5 Å². The van der Waals surface area contributed by atoms with Crippen molar-refractivity contribution < 1.29 is 0 Å². The van der Waals surface area contributed by atoms with Gasteiger partial charge in [-0.25, -0.2) is 4.99 Å². The van der Waals surface area contributed by atoms with Crippen LogP contribution >= 0.6 is 0 Å². The summed E-state index contributed by atoms with van der Waals surface area (Å²) in [7, 11) is 0. The second kappa shape index (κ2) is 5.47. The molecule has 1 saturated carbocycles. The summed E-state index contributed by atoms with van der Waals surface area (Å²) >= 11 is 0. The van der Waals surface area contributed by atoms with Gasteiger partial charge in [-0.1, -0.05) is 12.5 Å². The van der Waals surface area contributed by atoms with Crippen LogP contribution in [0.15, 0.2) is 37.8 Å². The van der Waals surface area contributed by atoms with E-state index in [0.717, 1.165) is 32.1 Å². The predicted octanol–water partition coefficient (Wildman–Crippen LogP) is 0.326. The number of benzene rings is 1. The fourth-order valence-corrected chi connectivity index (χ4v) is 3.87. The SMILES string of the molecule is NC1=NC2(CCCCC2)N(c2cccc3c(=O)[nH][nH]c(=O)c23)C(N)=N1. The summed E-state index contributed by atoms with van der Waals surface area (Å²) in [4.78, 5) is 35.0. The zero-order valence-electron chi connectivity index (χ0n) is 13.6. The maximum atomic E-state index is 12.4. The lowest BCUT2D eigenvalue weighted by atomic mass is 9.87. The summed E-state index contributed by atoms with van der Waals surface area (Å²) < 4.78 is 0. The van der Waals surface area contributed by atoms with Gasteiger partial charge in [0, 0.05) is 0 Å². The Bertz CT molecular complexity index is 1010. The lowest BCUT2D eigenvalue weighted by molar-refractivity contribution is 0.306. The summed E-state index contributed by atoms with van der Waals surface area (Å²) in [5.41, 5.74) is 11.2. The van der Waals surface area contributed by atoms with Gasteiger partial charge >= 0.3 is 0 Å². The van der Waals surface area contributed by atoms with E-state index in [1.165, 1.54) is 0 Å². The molecule has 2 heterocycles. The van der Waals surface area contributed by atoms with Crippen molar-refractivity contribution in [1.29, 1.82) is 0 Å². The molecule has 2 aliphatic rings. The number of hydrogen-bond donors (Lipinski definition) is 4. The van der Waals surface area contributed by atoms with Crippen molar-refractivity contribution in [1.82, 2.24) is 10.2 Å². The number of hydrogen-bond acceptors (Lipinski definition) is 7. The van der Waals surface area contributed by atoms with E-state index < -0.39 is 11.2 Å². The molecule has 25 heavy (non-hydrogen) atoms. The molecule has 4 rings (SSSR count). The zero-order chi connectivity index (χ0) is 17.6. The van der Waals surface area contributed by atoms with E-state index in [4.69, 9.17) is 11.5 Å². The predicted molar refractivity (Wildman–Crippen MR) is 96.7 cm³/mol. The lowest BCUT2D eigenvalue weighted by Gasteiger charge is -2.45. The lowest BCUT2D eigenvalue weighted by Crippen LogP contribution is -2.58. The number of aliphatic imine (C=N–C) groups is 2. The summed E-state index contributed by atoms with van der Waals surface area (Å²) in [5.74, 6) is 0.323. The highest BCUT2D eigenvalue weighted by Crippen LogP contribution is 2.40. The van der Waals surface area contributed by atoms with Crippen molar-refractivity contribution >= 4 is 28.4 Å². The molecule has 1 fully saturated rings. The molecule has 0 radical (unpaired) electrons. The number of aromatic nitrogens is 2. The van der Waals surface area contributed by atoms with Gasteiger partial charge < -0.3 is 11.5 Å². The molecular weight excluding hydrogens is 322 g/mol. The normalized spacial score (nSPS) is 19.8. The molecule has 1 aromatic heterocycles. The van der Waals surface area contributed by atoms with Crippen LogP contribution in [0.2, 0.25) is 0 Å². The fourth-order valence-electron chi connectivity index (χ4n) is 3.87. The number of H-pyrrole nitrogens is 2. The van der Waals surface area contributed by atoms with E-state index in [1.54, 1.807) is 23.1 Å². The molecule has 1 spiro atoms. The van der Waals surface area contributed by atoms with E-state index in [0.29, 0.717) is 11.1 Å². The first-order chi connectivity index (χ1) is 12.0. The summed E-state index contributed by atoms with van der Waals surface area (Å²) in [6.07, 6.45) is 4.56. The molecule has 0 amide bonds. The van der Waals surface area contributed by atoms with E-state index in [1.807, 2.05) is 0 Å². The molecule has 1 aliphatic carbocycles. The molecule has 1 aromatic carbocycles. The maximum absolute atomic E-state index is 12.4. The Balaban J connectivity index is 2.01. The number of aromatic amines is 2. The summed E-state index contributed by atoms with van der Waals surface area (Å²) in [6.45, 7) is 0. The number of fused-ring (bicyclic) bond motifs is 1. The highest BCUT2D eigenvalue weighted by atomic mass is 16.1. The summed E-state index contributed by atoms with van der Waals surface area (Å²) in [5, 5.41) is 5.28.